The second kappa shape index (κ2) is 6.59. The number of anilines is 1. The van der Waals surface area contributed by atoms with E-state index in [0.717, 1.165) is 14.9 Å². The molecule has 3 rings (SSSR count). The Labute approximate surface area is 146 Å². The zero-order valence-corrected chi connectivity index (χ0v) is 14.5. The molecule has 21 heavy (non-hydrogen) atoms. The minimum atomic E-state index is 0.0289. The molecule has 0 radical (unpaired) electrons. The van der Waals surface area contributed by atoms with E-state index < -0.39 is 0 Å². The van der Waals surface area contributed by atoms with E-state index in [-0.39, 0.29) is 6.04 Å². The summed E-state index contributed by atoms with van der Waals surface area (Å²) < 4.78 is 0.774. The molecule has 1 aromatic carbocycles. The zero-order chi connectivity index (χ0) is 14.8. The first kappa shape index (κ1) is 15.2. The Morgan fingerprint density at radius 2 is 1.81 bits per heavy atom. The predicted octanol–water partition coefficient (Wildman–Crippen LogP) is 6.97. The Balaban J connectivity index is 1.96. The van der Waals surface area contributed by atoms with Gasteiger partial charge in [-0.05, 0) is 41.8 Å². The smallest absolute Gasteiger partial charge is 0.0954 e. The molecule has 3 aromatic rings. The van der Waals surface area contributed by atoms with E-state index in [0.29, 0.717) is 10.0 Å². The van der Waals surface area contributed by atoms with Crippen molar-refractivity contribution in [1.29, 1.82) is 0 Å². The van der Waals surface area contributed by atoms with E-state index in [9.17, 15) is 0 Å². The third-order valence-electron chi connectivity index (χ3n) is 2.94. The number of benzene rings is 1. The van der Waals surface area contributed by atoms with Gasteiger partial charge in [-0.1, -0.05) is 40.9 Å². The molecule has 6 heteroatoms. The van der Waals surface area contributed by atoms with Gasteiger partial charge < -0.3 is 5.32 Å². The summed E-state index contributed by atoms with van der Waals surface area (Å²) in [5, 5.41) is 6.76. The van der Waals surface area contributed by atoms with Crippen LogP contribution in [0.1, 0.15) is 15.8 Å². The number of thiophene rings is 2. The molecule has 0 spiro atoms. The molecule has 1 N–H and O–H groups in total. The maximum Gasteiger partial charge on any atom is 0.0954 e. The highest BCUT2D eigenvalue weighted by Crippen LogP contribution is 2.37. The van der Waals surface area contributed by atoms with Crippen molar-refractivity contribution in [2.75, 3.05) is 5.32 Å². The zero-order valence-electron chi connectivity index (χ0n) is 10.6. The Kier molecular flexibility index (Phi) is 4.77. The lowest BCUT2D eigenvalue weighted by atomic mass is 10.2. The van der Waals surface area contributed by atoms with Crippen LogP contribution in [0.3, 0.4) is 0 Å². The summed E-state index contributed by atoms with van der Waals surface area (Å²) in [6.45, 7) is 0. The van der Waals surface area contributed by atoms with Gasteiger partial charge in [0.2, 0.25) is 0 Å². The fourth-order valence-corrected chi connectivity index (χ4v) is 4.45. The van der Waals surface area contributed by atoms with E-state index in [2.05, 4.69) is 16.8 Å². The lowest BCUT2D eigenvalue weighted by Crippen LogP contribution is -2.09. The van der Waals surface area contributed by atoms with E-state index in [1.165, 1.54) is 4.88 Å². The molecule has 0 amide bonds. The number of rotatable bonds is 4. The predicted molar refractivity (Wildman–Crippen MR) is 95.6 cm³/mol. The molecule has 1 atom stereocenters. The minimum Gasteiger partial charge on any atom is -0.372 e. The van der Waals surface area contributed by atoms with Crippen LogP contribution in [0.25, 0.3) is 0 Å². The van der Waals surface area contributed by atoms with Crippen LogP contribution in [0.4, 0.5) is 5.69 Å². The van der Waals surface area contributed by atoms with Gasteiger partial charge in [0.1, 0.15) is 0 Å². The van der Waals surface area contributed by atoms with Crippen molar-refractivity contribution < 1.29 is 0 Å². The molecule has 0 bridgehead atoms. The summed E-state index contributed by atoms with van der Waals surface area (Å²) in [6, 6.07) is 13.6. The van der Waals surface area contributed by atoms with Crippen LogP contribution in [0.5, 0.6) is 0 Å². The van der Waals surface area contributed by atoms with Crippen LogP contribution < -0.4 is 5.32 Å². The molecule has 0 saturated carbocycles. The Hall–Kier alpha value is -0.710. The summed E-state index contributed by atoms with van der Waals surface area (Å²) in [5.74, 6) is 0. The topological polar surface area (TPSA) is 12.0 Å². The van der Waals surface area contributed by atoms with Gasteiger partial charge in [-0.25, -0.2) is 0 Å². The molecule has 1 nitrogen and oxygen atoms in total. The van der Waals surface area contributed by atoms with Gasteiger partial charge in [-0.15, -0.1) is 22.7 Å². The fourth-order valence-electron chi connectivity index (χ4n) is 1.98. The summed E-state index contributed by atoms with van der Waals surface area (Å²) in [7, 11) is 0. The summed E-state index contributed by atoms with van der Waals surface area (Å²) in [5.41, 5.74) is 0.851. The first-order valence-electron chi connectivity index (χ1n) is 6.14. The summed E-state index contributed by atoms with van der Waals surface area (Å²) in [4.78, 5) is 2.35. The first-order chi connectivity index (χ1) is 10.1. The average Bonchev–Trinajstić information content (AvgIpc) is 3.09. The Morgan fingerprint density at radius 3 is 2.43 bits per heavy atom. The molecule has 1 unspecified atom stereocenters. The molecule has 0 aliphatic carbocycles. The largest absolute Gasteiger partial charge is 0.372 e. The molecule has 2 heterocycles. The molecular formula is C15H10Cl3NS2. The summed E-state index contributed by atoms with van der Waals surface area (Å²) in [6.07, 6.45) is 0. The van der Waals surface area contributed by atoms with Crippen LogP contribution >= 0.6 is 57.5 Å². The summed E-state index contributed by atoms with van der Waals surface area (Å²) >= 11 is 21.5. The standard InChI is InChI=1S/C15H10Cl3NS2/c16-9-3-4-11(10(17)8-9)19-15(12-2-1-7-20-12)13-5-6-14(18)21-13/h1-8,15,19H. The quantitative estimate of drug-likeness (QED) is 0.520. The van der Waals surface area contributed by atoms with Gasteiger partial charge in [0.05, 0.1) is 21.1 Å². The van der Waals surface area contributed by atoms with Crippen molar-refractivity contribution in [2.24, 2.45) is 0 Å². The highest BCUT2D eigenvalue weighted by molar-refractivity contribution is 7.16. The van der Waals surface area contributed by atoms with Gasteiger partial charge in [-0.3, -0.25) is 0 Å². The third-order valence-corrected chi connectivity index (χ3v) is 5.72. The van der Waals surface area contributed by atoms with Crippen LogP contribution in [0.15, 0.2) is 47.8 Å². The van der Waals surface area contributed by atoms with Gasteiger partial charge in [0, 0.05) is 14.8 Å². The fraction of sp³-hybridized carbons (Fsp3) is 0.0667. The van der Waals surface area contributed by atoms with Crippen LogP contribution in [0, 0.1) is 0 Å². The number of hydrogen-bond acceptors (Lipinski definition) is 3. The van der Waals surface area contributed by atoms with E-state index in [1.807, 2.05) is 30.3 Å². The Morgan fingerprint density at radius 1 is 0.952 bits per heavy atom. The lowest BCUT2D eigenvalue weighted by Gasteiger charge is -2.18. The molecule has 0 saturated heterocycles. The van der Waals surface area contributed by atoms with E-state index in [1.54, 1.807) is 28.7 Å². The van der Waals surface area contributed by atoms with Crippen molar-refractivity contribution >= 4 is 63.2 Å². The van der Waals surface area contributed by atoms with Crippen LogP contribution in [0.2, 0.25) is 14.4 Å². The maximum atomic E-state index is 6.26. The van der Waals surface area contributed by atoms with Gasteiger partial charge in [0.25, 0.3) is 0 Å². The van der Waals surface area contributed by atoms with Crippen molar-refractivity contribution in [1.82, 2.24) is 0 Å². The van der Waals surface area contributed by atoms with E-state index >= 15 is 0 Å². The molecule has 2 aromatic heterocycles. The van der Waals surface area contributed by atoms with Gasteiger partial charge >= 0.3 is 0 Å². The second-order valence-corrected chi connectivity index (χ2v) is 7.93. The molecule has 0 aliphatic heterocycles. The molecule has 0 fully saturated rings. The highest BCUT2D eigenvalue weighted by atomic mass is 35.5. The second-order valence-electron chi connectivity index (χ2n) is 4.36. The van der Waals surface area contributed by atoms with Gasteiger partial charge in [-0.2, -0.15) is 0 Å². The number of hydrogen-bond donors (Lipinski definition) is 1. The highest BCUT2D eigenvalue weighted by Gasteiger charge is 2.18. The monoisotopic (exact) mass is 373 g/mol. The molecule has 0 aliphatic rings. The van der Waals surface area contributed by atoms with Crippen molar-refractivity contribution in [3.05, 3.63) is 72.0 Å². The normalized spacial score (nSPS) is 12.3. The number of nitrogens with one attached hydrogen (secondary N) is 1. The third kappa shape index (κ3) is 3.55. The van der Waals surface area contributed by atoms with Crippen molar-refractivity contribution in [3.63, 3.8) is 0 Å². The maximum absolute atomic E-state index is 6.26. The lowest BCUT2D eigenvalue weighted by molar-refractivity contribution is 0.993. The Bertz CT molecular complexity index is 737. The van der Waals surface area contributed by atoms with E-state index in [4.69, 9.17) is 34.8 Å². The average molecular weight is 375 g/mol. The molecule has 108 valence electrons. The van der Waals surface area contributed by atoms with Gasteiger partial charge in [0.15, 0.2) is 0 Å². The van der Waals surface area contributed by atoms with Crippen LogP contribution in [-0.2, 0) is 0 Å². The SMILES string of the molecule is Clc1ccc(NC(c2cccs2)c2ccc(Cl)s2)c(Cl)c1. The van der Waals surface area contributed by atoms with Crippen molar-refractivity contribution in [3.8, 4) is 0 Å². The minimum absolute atomic E-state index is 0.0289. The number of halogens is 3. The van der Waals surface area contributed by atoms with Crippen molar-refractivity contribution in [2.45, 2.75) is 6.04 Å². The molecular weight excluding hydrogens is 365 g/mol. The van der Waals surface area contributed by atoms with Crippen LogP contribution in [-0.4, -0.2) is 0 Å². The first-order valence-corrected chi connectivity index (χ1v) is 8.97.